The van der Waals surface area contributed by atoms with Gasteiger partial charge in [-0.25, -0.2) is 0 Å². The number of anilines is 1. The molecular weight excluding hydrogens is 391 g/mol. The fourth-order valence-corrected chi connectivity index (χ4v) is 3.85. The lowest BCUT2D eigenvalue weighted by atomic mass is 10.1. The predicted octanol–water partition coefficient (Wildman–Crippen LogP) is 3.97. The third-order valence-electron chi connectivity index (χ3n) is 4.57. The number of rotatable bonds is 3. The molecule has 0 spiro atoms. The van der Waals surface area contributed by atoms with Crippen LogP contribution >= 0.6 is 23.2 Å². The number of nitrogens with zero attached hydrogens (tertiary/aromatic N) is 1. The van der Waals surface area contributed by atoms with Crippen LogP contribution in [0.15, 0.2) is 36.4 Å². The van der Waals surface area contributed by atoms with E-state index < -0.39 is 6.04 Å². The summed E-state index contributed by atoms with van der Waals surface area (Å²) in [6.45, 7) is 0.669. The first-order valence-corrected chi connectivity index (χ1v) is 9.24. The Hall–Kier alpha value is -2.44. The summed E-state index contributed by atoms with van der Waals surface area (Å²) in [5.74, 6) is 0.722. The number of fused-ring (bicyclic) bond motifs is 1. The molecule has 27 heavy (non-hydrogen) atoms. The highest BCUT2D eigenvalue weighted by atomic mass is 35.5. The number of halogens is 2. The van der Waals surface area contributed by atoms with Crippen molar-refractivity contribution >= 4 is 40.7 Å². The van der Waals surface area contributed by atoms with Crippen LogP contribution in [0, 0.1) is 0 Å². The van der Waals surface area contributed by atoms with Gasteiger partial charge < -0.3 is 19.7 Å². The van der Waals surface area contributed by atoms with Crippen LogP contribution in [-0.4, -0.2) is 36.1 Å². The monoisotopic (exact) mass is 406 g/mol. The summed E-state index contributed by atoms with van der Waals surface area (Å²) in [4.78, 5) is 27.2. The van der Waals surface area contributed by atoms with E-state index in [2.05, 4.69) is 5.32 Å². The maximum atomic E-state index is 12.9. The van der Waals surface area contributed by atoms with E-state index in [1.807, 2.05) is 0 Å². The first-order valence-electron chi connectivity index (χ1n) is 8.49. The van der Waals surface area contributed by atoms with Gasteiger partial charge in [-0.05, 0) is 43.2 Å². The SMILES string of the molecule is O=C(Nc1ccc2c(c1)OCO2)[C@@H]1CCCN1C(=O)c1cc(Cl)cc(Cl)c1. The zero-order valence-electron chi connectivity index (χ0n) is 14.2. The Balaban J connectivity index is 1.50. The molecule has 2 aliphatic heterocycles. The average Bonchev–Trinajstić information content (AvgIpc) is 3.29. The van der Waals surface area contributed by atoms with E-state index in [0.29, 0.717) is 45.8 Å². The number of carbonyl (C=O) groups is 2. The van der Waals surface area contributed by atoms with E-state index in [0.717, 1.165) is 6.42 Å². The molecule has 1 saturated heterocycles. The van der Waals surface area contributed by atoms with Crippen molar-refractivity contribution in [2.24, 2.45) is 0 Å². The number of amides is 2. The third kappa shape index (κ3) is 3.68. The highest BCUT2D eigenvalue weighted by Crippen LogP contribution is 2.34. The number of carbonyl (C=O) groups excluding carboxylic acids is 2. The summed E-state index contributed by atoms with van der Waals surface area (Å²) >= 11 is 12.0. The molecule has 0 saturated carbocycles. The zero-order chi connectivity index (χ0) is 19.0. The lowest BCUT2D eigenvalue weighted by Gasteiger charge is -2.24. The Morgan fingerprint density at radius 2 is 1.78 bits per heavy atom. The van der Waals surface area contributed by atoms with E-state index in [9.17, 15) is 9.59 Å². The molecule has 1 N–H and O–H groups in total. The highest BCUT2D eigenvalue weighted by Gasteiger charge is 2.35. The van der Waals surface area contributed by atoms with Crippen LogP contribution in [0.4, 0.5) is 5.69 Å². The maximum Gasteiger partial charge on any atom is 0.254 e. The molecule has 2 aliphatic rings. The lowest BCUT2D eigenvalue weighted by Crippen LogP contribution is -2.43. The van der Waals surface area contributed by atoms with Gasteiger partial charge in [-0.3, -0.25) is 9.59 Å². The first-order chi connectivity index (χ1) is 13.0. The Morgan fingerprint density at radius 1 is 1.04 bits per heavy atom. The molecule has 2 amide bonds. The Bertz CT molecular complexity index is 898. The second kappa shape index (κ2) is 7.29. The molecule has 140 valence electrons. The second-order valence-corrected chi connectivity index (χ2v) is 7.24. The summed E-state index contributed by atoms with van der Waals surface area (Å²) < 4.78 is 10.6. The molecule has 2 aromatic carbocycles. The molecule has 6 nitrogen and oxygen atoms in total. The molecule has 2 heterocycles. The maximum absolute atomic E-state index is 12.9. The van der Waals surface area contributed by atoms with Gasteiger partial charge in [0.2, 0.25) is 12.7 Å². The fraction of sp³-hybridized carbons (Fsp3) is 0.263. The van der Waals surface area contributed by atoms with E-state index in [4.69, 9.17) is 32.7 Å². The Morgan fingerprint density at radius 3 is 2.56 bits per heavy atom. The van der Waals surface area contributed by atoms with Crippen molar-refractivity contribution in [3.8, 4) is 11.5 Å². The molecule has 1 fully saturated rings. The third-order valence-corrected chi connectivity index (χ3v) is 5.00. The van der Waals surface area contributed by atoms with Crippen LogP contribution in [0.5, 0.6) is 11.5 Å². The van der Waals surface area contributed by atoms with Crippen molar-refractivity contribution in [3.05, 3.63) is 52.0 Å². The van der Waals surface area contributed by atoms with Gasteiger partial charge in [-0.15, -0.1) is 0 Å². The smallest absolute Gasteiger partial charge is 0.254 e. The Labute approximate surface area is 165 Å². The van der Waals surface area contributed by atoms with Crippen molar-refractivity contribution in [2.75, 3.05) is 18.7 Å². The minimum atomic E-state index is -0.555. The molecule has 1 atom stereocenters. The van der Waals surface area contributed by atoms with E-state index in [1.54, 1.807) is 41.3 Å². The lowest BCUT2D eigenvalue weighted by molar-refractivity contribution is -0.119. The number of hydrogen-bond acceptors (Lipinski definition) is 4. The summed E-state index contributed by atoms with van der Waals surface area (Å²) in [7, 11) is 0. The summed E-state index contributed by atoms with van der Waals surface area (Å²) in [6, 6.07) is 9.31. The van der Waals surface area contributed by atoms with Crippen LogP contribution in [0.25, 0.3) is 0 Å². The Kier molecular flexibility index (Phi) is 4.85. The largest absolute Gasteiger partial charge is 0.454 e. The number of benzene rings is 2. The van der Waals surface area contributed by atoms with Crippen LogP contribution in [0.2, 0.25) is 10.0 Å². The first kappa shape index (κ1) is 17.9. The van der Waals surface area contributed by atoms with Gasteiger partial charge >= 0.3 is 0 Å². The zero-order valence-corrected chi connectivity index (χ0v) is 15.7. The number of hydrogen-bond donors (Lipinski definition) is 1. The van der Waals surface area contributed by atoms with E-state index >= 15 is 0 Å². The summed E-state index contributed by atoms with van der Waals surface area (Å²) in [6.07, 6.45) is 1.34. The molecule has 0 aliphatic carbocycles. The fourth-order valence-electron chi connectivity index (χ4n) is 3.33. The molecule has 0 bridgehead atoms. The van der Waals surface area contributed by atoms with Crippen molar-refractivity contribution in [2.45, 2.75) is 18.9 Å². The summed E-state index contributed by atoms with van der Waals surface area (Å²) in [5.41, 5.74) is 0.963. The number of ether oxygens (including phenoxy) is 2. The normalized spacial score (nSPS) is 17.9. The standard InChI is InChI=1S/C19H16Cl2N2O4/c20-12-6-11(7-13(21)8-12)19(25)23-5-1-2-15(23)18(24)22-14-3-4-16-17(9-14)27-10-26-16/h3-4,6-9,15H,1-2,5,10H2,(H,22,24)/t15-/m0/s1. The van der Waals surface area contributed by atoms with Gasteiger partial charge in [0, 0.05) is 33.9 Å². The van der Waals surface area contributed by atoms with Crippen LogP contribution in [0.1, 0.15) is 23.2 Å². The highest BCUT2D eigenvalue weighted by molar-refractivity contribution is 6.35. The van der Waals surface area contributed by atoms with Crippen molar-refractivity contribution < 1.29 is 19.1 Å². The molecule has 0 unspecified atom stereocenters. The van der Waals surface area contributed by atoms with Crippen molar-refractivity contribution in [1.29, 1.82) is 0 Å². The van der Waals surface area contributed by atoms with Gasteiger partial charge in [0.05, 0.1) is 0 Å². The number of likely N-dealkylation sites (tertiary alicyclic amines) is 1. The van der Waals surface area contributed by atoms with Crippen molar-refractivity contribution in [3.63, 3.8) is 0 Å². The van der Waals surface area contributed by atoms with Crippen molar-refractivity contribution in [1.82, 2.24) is 4.90 Å². The predicted molar refractivity (Wildman–Crippen MR) is 102 cm³/mol. The van der Waals surface area contributed by atoms with Gasteiger partial charge in [-0.2, -0.15) is 0 Å². The van der Waals surface area contributed by atoms with Gasteiger partial charge in [0.25, 0.3) is 5.91 Å². The molecule has 0 radical (unpaired) electrons. The molecule has 2 aromatic rings. The van der Waals surface area contributed by atoms with Crippen LogP contribution in [-0.2, 0) is 4.79 Å². The molecular formula is C19H16Cl2N2O4. The number of nitrogens with one attached hydrogen (secondary N) is 1. The molecule has 8 heteroatoms. The molecule has 0 aromatic heterocycles. The quantitative estimate of drug-likeness (QED) is 0.837. The van der Waals surface area contributed by atoms with Crippen LogP contribution < -0.4 is 14.8 Å². The average molecular weight is 407 g/mol. The second-order valence-electron chi connectivity index (χ2n) is 6.37. The van der Waals surface area contributed by atoms with Gasteiger partial charge in [0.1, 0.15) is 6.04 Å². The van der Waals surface area contributed by atoms with E-state index in [1.165, 1.54) is 0 Å². The van der Waals surface area contributed by atoms with Crippen LogP contribution in [0.3, 0.4) is 0 Å². The van der Waals surface area contributed by atoms with E-state index in [-0.39, 0.29) is 18.6 Å². The molecule has 4 rings (SSSR count). The topological polar surface area (TPSA) is 67.9 Å². The minimum Gasteiger partial charge on any atom is -0.454 e. The van der Waals surface area contributed by atoms with Gasteiger partial charge in [0.15, 0.2) is 11.5 Å². The van der Waals surface area contributed by atoms with Gasteiger partial charge in [-0.1, -0.05) is 23.2 Å². The minimum absolute atomic E-state index is 0.167. The summed E-state index contributed by atoms with van der Waals surface area (Å²) in [5, 5.41) is 3.61.